The predicted molar refractivity (Wildman–Crippen MR) is 117 cm³/mol. The van der Waals surface area contributed by atoms with Gasteiger partial charge in [-0.3, -0.25) is 4.79 Å². The van der Waals surface area contributed by atoms with E-state index in [2.05, 4.69) is 0 Å². The zero-order valence-corrected chi connectivity index (χ0v) is 17.8. The quantitative estimate of drug-likeness (QED) is 0.566. The minimum Gasteiger partial charge on any atom is -0.330 e. The maximum absolute atomic E-state index is 13.6. The lowest BCUT2D eigenvalue weighted by molar-refractivity contribution is 0.0683. The first-order valence-electron chi connectivity index (χ1n) is 9.27. The van der Waals surface area contributed by atoms with Crippen molar-refractivity contribution in [2.24, 2.45) is 0 Å². The maximum atomic E-state index is 13.6. The highest BCUT2D eigenvalue weighted by molar-refractivity contribution is 7.91. The van der Waals surface area contributed by atoms with Crippen LogP contribution in [-0.2, 0) is 16.4 Å². The van der Waals surface area contributed by atoms with Gasteiger partial charge in [0.15, 0.2) is 9.84 Å². The monoisotopic (exact) mass is 447 g/mol. The SMILES string of the molecule is O=C(c1cccc2ccccc12)N(Cc1ccc(Cl)cc1Cl)[C@H]1CCS(=O)(=O)C1. The molecule has 0 bridgehead atoms. The van der Waals surface area contributed by atoms with E-state index in [-0.39, 0.29) is 24.0 Å². The first-order chi connectivity index (χ1) is 13.8. The number of nitrogens with zero attached hydrogens (tertiary/aromatic N) is 1. The van der Waals surface area contributed by atoms with Crippen LogP contribution in [0.15, 0.2) is 60.7 Å². The molecule has 0 radical (unpaired) electrons. The lowest BCUT2D eigenvalue weighted by Crippen LogP contribution is -2.40. The normalized spacial score (nSPS) is 18.1. The third-order valence-electron chi connectivity index (χ3n) is 5.29. The van der Waals surface area contributed by atoms with Crippen LogP contribution < -0.4 is 0 Å². The molecule has 1 fully saturated rings. The van der Waals surface area contributed by atoms with Gasteiger partial charge in [0.05, 0.1) is 11.5 Å². The van der Waals surface area contributed by atoms with Crippen LogP contribution in [0.4, 0.5) is 0 Å². The highest BCUT2D eigenvalue weighted by Crippen LogP contribution is 2.28. The van der Waals surface area contributed by atoms with Gasteiger partial charge < -0.3 is 4.90 Å². The molecule has 1 atom stereocenters. The largest absolute Gasteiger partial charge is 0.330 e. The number of fused-ring (bicyclic) bond motifs is 1. The molecule has 0 aliphatic carbocycles. The number of benzene rings is 3. The van der Waals surface area contributed by atoms with Crippen molar-refractivity contribution in [2.75, 3.05) is 11.5 Å². The van der Waals surface area contributed by atoms with Crippen LogP contribution in [0.2, 0.25) is 10.0 Å². The average Bonchev–Trinajstić information content (AvgIpc) is 3.06. The molecular weight excluding hydrogens is 429 g/mol. The smallest absolute Gasteiger partial charge is 0.255 e. The molecule has 4 nitrogen and oxygen atoms in total. The molecule has 0 spiro atoms. The summed E-state index contributed by atoms with van der Waals surface area (Å²) in [4.78, 5) is 15.2. The van der Waals surface area contributed by atoms with E-state index in [1.165, 1.54) is 0 Å². The summed E-state index contributed by atoms with van der Waals surface area (Å²) in [7, 11) is -3.16. The molecule has 0 aromatic heterocycles. The molecule has 0 saturated carbocycles. The molecule has 7 heteroatoms. The Labute approximate surface area is 180 Å². The molecule has 0 N–H and O–H groups in total. The van der Waals surface area contributed by atoms with Gasteiger partial charge in [-0.25, -0.2) is 8.42 Å². The van der Waals surface area contributed by atoms with Crippen LogP contribution in [0.1, 0.15) is 22.3 Å². The van der Waals surface area contributed by atoms with Crippen molar-refractivity contribution >= 4 is 49.7 Å². The third-order valence-corrected chi connectivity index (χ3v) is 7.62. The number of carbonyl (C=O) groups is 1. The number of hydrogen-bond acceptors (Lipinski definition) is 3. The van der Waals surface area contributed by atoms with Crippen LogP contribution >= 0.6 is 23.2 Å². The van der Waals surface area contributed by atoms with E-state index >= 15 is 0 Å². The molecular formula is C22H19Cl2NO3S. The van der Waals surface area contributed by atoms with E-state index in [0.717, 1.165) is 16.3 Å². The summed E-state index contributed by atoms with van der Waals surface area (Å²) >= 11 is 12.3. The fourth-order valence-electron chi connectivity index (χ4n) is 3.79. The topological polar surface area (TPSA) is 54.5 Å². The maximum Gasteiger partial charge on any atom is 0.255 e. The molecule has 1 amide bonds. The number of amides is 1. The van der Waals surface area contributed by atoms with Crippen molar-refractivity contribution in [1.82, 2.24) is 4.90 Å². The Morgan fingerprint density at radius 2 is 1.79 bits per heavy atom. The summed E-state index contributed by atoms with van der Waals surface area (Å²) in [5, 5.41) is 2.76. The van der Waals surface area contributed by atoms with Gasteiger partial charge in [-0.05, 0) is 41.0 Å². The number of rotatable bonds is 4. The molecule has 150 valence electrons. The highest BCUT2D eigenvalue weighted by Gasteiger charge is 2.35. The van der Waals surface area contributed by atoms with Gasteiger partial charge in [-0.2, -0.15) is 0 Å². The summed E-state index contributed by atoms with van der Waals surface area (Å²) < 4.78 is 24.2. The van der Waals surface area contributed by atoms with Crippen molar-refractivity contribution < 1.29 is 13.2 Å². The van der Waals surface area contributed by atoms with Crippen molar-refractivity contribution in [1.29, 1.82) is 0 Å². The van der Waals surface area contributed by atoms with E-state index in [1.54, 1.807) is 29.2 Å². The van der Waals surface area contributed by atoms with Gasteiger partial charge in [0, 0.05) is 28.2 Å². The van der Waals surface area contributed by atoms with Crippen molar-refractivity contribution in [3.63, 3.8) is 0 Å². The summed E-state index contributed by atoms with van der Waals surface area (Å²) in [6, 6.07) is 18.0. The Kier molecular flexibility index (Phi) is 5.56. The Morgan fingerprint density at radius 1 is 1.03 bits per heavy atom. The number of halogens is 2. The zero-order chi connectivity index (χ0) is 20.6. The van der Waals surface area contributed by atoms with Crippen LogP contribution in [0.5, 0.6) is 0 Å². The van der Waals surface area contributed by atoms with Crippen molar-refractivity contribution in [3.8, 4) is 0 Å². The summed E-state index contributed by atoms with van der Waals surface area (Å²) in [5.74, 6) is -0.144. The van der Waals surface area contributed by atoms with Crippen molar-refractivity contribution in [2.45, 2.75) is 19.0 Å². The van der Waals surface area contributed by atoms with Gasteiger partial charge in [0.1, 0.15) is 0 Å². The zero-order valence-electron chi connectivity index (χ0n) is 15.5. The minimum atomic E-state index is -3.16. The second-order valence-electron chi connectivity index (χ2n) is 7.25. The highest BCUT2D eigenvalue weighted by atomic mass is 35.5. The van der Waals surface area contributed by atoms with E-state index < -0.39 is 15.9 Å². The summed E-state index contributed by atoms with van der Waals surface area (Å²) in [5.41, 5.74) is 1.28. The van der Waals surface area contributed by atoms with Crippen molar-refractivity contribution in [3.05, 3.63) is 81.8 Å². The van der Waals surface area contributed by atoms with Gasteiger partial charge >= 0.3 is 0 Å². The third kappa shape index (κ3) is 4.27. The number of hydrogen-bond donors (Lipinski definition) is 0. The lowest BCUT2D eigenvalue weighted by atomic mass is 10.0. The first kappa shape index (κ1) is 20.2. The number of carbonyl (C=O) groups excluding carboxylic acids is 1. The second-order valence-corrected chi connectivity index (χ2v) is 10.3. The first-order valence-corrected chi connectivity index (χ1v) is 11.8. The average molecular weight is 448 g/mol. The fourth-order valence-corrected chi connectivity index (χ4v) is 5.99. The minimum absolute atomic E-state index is 0.0330. The molecule has 1 heterocycles. The molecule has 1 aliphatic rings. The van der Waals surface area contributed by atoms with E-state index in [9.17, 15) is 13.2 Å². The molecule has 4 rings (SSSR count). The van der Waals surface area contributed by atoms with E-state index in [4.69, 9.17) is 23.2 Å². The Morgan fingerprint density at radius 3 is 2.52 bits per heavy atom. The number of sulfone groups is 1. The predicted octanol–water partition coefficient (Wildman–Crippen LogP) is 4.98. The van der Waals surface area contributed by atoms with Crippen LogP contribution in [0.3, 0.4) is 0 Å². The molecule has 29 heavy (non-hydrogen) atoms. The Hall–Kier alpha value is -2.08. The van der Waals surface area contributed by atoms with Crippen LogP contribution in [0, 0.1) is 0 Å². The second kappa shape index (κ2) is 7.98. The Balaban J connectivity index is 1.76. The van der Waals surface area contributed by atoms with Gasteiger partial charge in [0.2, 0.25) is 0 Å². The van der Waals surface area contributed by atoms with Gasteiger partial charge in [0.25, 0.3) is 5.91 Å². The standard InChI is InChI=1S/C22H19Cl2NO3S/c23-17-9-8-16(21(24)12-17)13-25(18-10-11-29(27,28)14-18)22(26)20-7-3-5-15-4-1-2-6-19(15)20/h1-9,12,18H,10-11,13-14H2/t18-/m0/s1. The fraction of sp³-hybridized carbons (Fsp3) is 0.227. The molecule has 3 aromatic carbocycles. The molecule has 0 unspecified atom stereocenters. The van der Waals surface area contributed by atoms with E-state index in [0.29, 0.717) is 22.0 Å². The van der Waals surface area contributed by atoms with Crippen LogP contribution in [0.25, 0.3) is 10.8 Å². The molecule has 1 saturated heterocycles. The lowest BCUT2D eigenvalue weighted by Gasteiger charge is -2.29. The van der Waals surface area contributed by atoms with Gasteiger partial charge in [-0.1, -0.05) is 65.7 Å². The molecule has 1 aliphatic heterocycles. The summed E-state index contributed by atoms with van der Waals surface area (Å²) in [6.07, 6.45) is 0.421. The van der Waals surface area contributed by atoms with E-state index in [1.807, 2.05) is 36.4 Å². The molecule has 3 aromatic rings. The Bertz CT molecular complexity index is 1190. The van der Waals surface area contributed by atoms with Gasteiger partial charge in [-0.15, -0.1) is 0 Å². The van der Waals surface area contributed by atoms with Crippen LogP contribution in [-0.4, -0.2) is 36.8 Å². The summed E-state index contributed by atoms with van der Waals surface area (Å²) in [6.45, 7) is 0.220.